The van der Waals surface area contributed by atoms with E-state index < -0.39 is 35.9 Å². The lowest BCUT2D eigenvalue weighted by Crippen LogP contribution is -2.73. The summed E-state index contributed by atoms with van der Waals surface area (Å²) in [6, 6.07) is 0.0954. The summed E-state index contributed by atoms with van der Waals surface area (Å²) in [6.45, 7) is 1.25. The predicted molar refractivity (Wildman–Crippen MR) is 74.4 cm³/mol. The second-order valence-corrected chi connectivity index (χ2v) is 5.22. The smallest absolute Gasteiger partial charge is 0.437 e. The Morgan fingerprint density at radius 3 is 2.54 bits per heavy atom. The lowest BCUT2D eigenvalue weighted by Gasteiger charge is -2.49. The van der Waals surface area contributed by atoms with E-state index in [-0.39, 0.29) is 17.1 Å². The highest BCUT2D eigenvalue weighted by Crippen LogP contribution is 2.46. The number of carbonyl (C=O) groups is 2. The Morgan fingerprint density at radius 2 is 2.04 bits per heavy atom. The van der Waals surface area contributed by atoms with E-state index in [1.165, 1.54) is 31.5 Å². The summed E-state index contributed by atoms with van der Waals surface area (Å²) in [7, 11) is 0.762. The number of pyridine rings is 1. The highest BCUT2D eigenvalue weighted by atomic mass is 19.4. The van der Waals surface area contributed by atoms with E-state index >= 15 is 0 Å². The molecule has 0 saturated carbocycles. The number of urea groups is 1. The molecule has 0 bridgehead atoms. The molecule has 1 aliphatic rings. The fraction of sp³-hybridized carbons (Fsp3) is 0.500. The molecule has 1 saturated heterocycles. The Labute approximate surface area is 135 Å². The highest BCUT2D eigenvalue weighted by molar-refractivity contribution is 5.83. The average Bonchev–Trinajstić information content (AvgIpc) is 2.52. The van der Waals surface area contributed by atoms with Crippen molar-refractivity contribution in [1.82, 2.24) is 15.2 Å². The summed E-state index contributed by atoms with van der Waals surface area (Å²) in [5.41, 5.74) is -3.53. The van der Waals surface area contributed by atoms with Gasteiger partial charge in [0, 0.05) is 19.4 Å². The minimum Gasteiger partial charge on any atom is -0.466 e. The molecule has 10 heteroatoms. The number of nitrogens with zero attached hydrogens (tertiary/aromatic N) is 2. The van der Waals surface area contributed by atoms with Crippen LogP contribution in [-0.4, -0.2) is 52.5 Å². The monoisotopic (exact) mass is 347 g/mol. The maximum atomic E-state index is 13.6. The van der Waals surface area contributed by atoms with Gasteiger partial charge in [-0.2, -0.15) is 13.2 Å². The van der Waals surface area contributed by atoms with Crippen LogP contribution in [-0.2, 0) is 9.53 Å². The Hall–Kier alpha value is -2.36. The first-order valence-electron chi connectivity index (χ1n) is 7.04. The van der Waals surface area contributed by atoms with Crippen LogP contribution in [0, 0.1) is 5.92 Å². The van der Waals surface area contributed by atoms with Gasteiger partial charge in [0.15, 0.2) is 0 Å². The molecular weight excluding hydrogens is 331 g/mol. The van der Waals surface area contributed by atoms with Crippen LogP contribution in [0.2, 0.25) is 0 Å². The fourth-order valence-electron chi connectivity index (χ4n) is 2.65. The first kappa shape index (κ1) is 18.0. The minimum atomic E-state index is -5.28. The summed E-state index contributed by atoms with van der Waals surface area (Å²) in [4.78, 5) is 28.0. The van der Waals surface area contributed by atoms with Crippen molar-refractivity contribution in [2.45, 2.75) is 24.9 Å². The molecule has 0 unspecified atom stereocenters. The molecule has 0 radical (unpaired) electrons. The zero-order valence-corrected chi connectivity index (χ0v) is 12.9. The van der Waals surface area contributed by atoms with E-state index in [9.17, 15) is 27.9 Å². The number of rotatable bonds is 3. The van der Waals surface area contributed by atoms with Crippen molar-refractivity contribution >= 4 is 12.0 Å². The SMILES string of the molecule is CCOC(=O)[C@@H]1[C@@H](c2ccncc2)NC(=O)N(C)[C@]1(O)C(F)(F)F. The van der Waals surface area contributed by atoms with Gasteiger partial charge in [0.2, 0.25) is 0 Å². The van der Waals surface area contributed by atoms with Gasteiger partial charge in [0.05, 0.1) is 12.6 Å². The van der Waals surface area contributed by atoms with E-state index in [0.29, 0.717) is 0 Å². The van der Waals surface area contributed by atoms with E-state index in [0.717, 1.165) is 7.05 Å². The number of aromatic nitrogens is 1. The van der Waals surface area contributed by atoms with Gasteiger partial charge in [0.25, 0.3) is 5.72 Å². The summed E-state index contributed by atoms with van der Waals surface area (Å²) in [6.07, 6.45) is -2.68. The van der Waals surface area contributed by atoms with Gasteiger partial charge in [-0.15, -0.1) is 0 Å². The Morgan fingerprint density at radius 1 is 1.46 bits per heavy atom. The van der Waals surface area contributed by atoms with Crippen LogP contribution in [0.25, 0.3) is 0 Å². The number of alkyl halides is 3. The first-order chi connectivity index (χ1) is 11.1. The number of esters is 1. The van der Waals surface area contributed by atoms with Crippen molar-refractivity contribution in [3.63, 3.8) is 0 Å². The van der Waals surface area contributed by atoms with Crippen molar-refractivity contribution in [1.29, 1.82) is 0 Å². The van der Waals surface area contributed by atoms with Crippen LogP contribution in [0.3, 0.4) is 0 Å². The van der Waals surface area contributed by atoms with E-state index in [1.54, 1.807) is 0 Å². The summed E-state index contributed by atoms with van der Waals surface area (Å²) in [5.74, 6) is -3.38. The lowest BCUT2D eigenvalue weighted by molar-refractivity contribution is -0.328. The van der Waals surface area contributed by atoms with Gasteiger partial charge in [-0.1, -0.05) is 0 Å². The third-order valence-corrected chi connectivity index (χ3v) is 3.88. The first-order valence-corrected chi connectivity index (χ1v) is 7.04. The van der Waals surface area contributed by atoms with Crippen LogP contribution in [0.15, 0.2) is 24.5 Å². The molecule has 0 spiro atoms. The minimum absolute atomic E-state index is 0.0618. The molecule has 3 atom stereocenters. The highest BCUT2D eigenvalue weighted by Gasteiger charge is 2.69. The number of halogens is 3. The molecule has 24 heavy (non-hydrogen) atoms. The summed E-state index contributed by atoms with van der Waals surface area (Å²) < 4.78 is 45.5. The number of aliphatic hydroxyl groups is 1. The Balaban J connectivity index is 2.61. The zero-order chi connectivity index (χ0) is 18.1. The van der Waals surface area contributed by atoms with Crippen LogP contribution in [0.1, 0.15) is 18.5 Å². The molecule has 1 aliphatic heterocycles. The number of hydrogen-bond donors (Lipinski definition) is 2. The van der Waals surface area contributed by atoms with Crippen molar-refractivity contribution in [3.05, 3.63) is 30.1 Å². The fourth-order valence-corrected chi connectivity index (χ4v) is 2.65. The molecule has 0 aliphatic carbocycles. The third-order valence-electron chi connectivity index (χ3n) is 3.88. The van der Waals surface area contributed by atoms with Crippen LogP contribution in [0.4, 0.5) is 18.0 Å². The van der Waals surface area contributed by atoms with Crippen LogP contribution in [0.5, 0.6) is 0 Å². The van der Waals surface area contributed by atoms with Gasteiger partial charge < -0.3 is 15.2 Å². The normalized spacial score (nSPS) is 27.6. The molecule has 1 aromatic heterocycles. The van der Waals surface area contributed by atoms with Crippen molar-refractivity contribution in [3.8, 4) is 0 Å². The van der Waals surface area contributed by atoms with Crippen LogP contribution >= 0.6 is 0 Å². The zero-order valence-electron chi connectivity index (χ0n) is 12.9. The quantitative estimate of drug-likeness (QED) is 0.802. The number of amides is 2. The summed E-state index contributed by atoms with van der Waals surface area (Å²) >= 11 is 0. The van der Waals surface area contributed by atoms with Crippen LogP contribution < -0.4 is 5.32 Å². The molecule has 0 aromatic carbocycles. The van der Waals surface area contributed by atoms with Gasteiger partial charge in [-0.3, -0.25) is 14.7 Å². The third kappa shape index (κ3) is 2.77. The lowest BCUT2D eigenvalue weighted by atomic mass is 9.81. The van der Waals surface area contributed by atoms with Gasteiger partial charge in [-0.05, 0) is 24.6 Å². The Bertz CT molecular complexity index is 625. The topological polar surface area (TPSA) is 91.8 Å². The second-order valence-electron chi connectivity index (χ2n) is 5.22. The van der Waals surface area contributed by atoms with Gasteiger partial charge in [-0.25, -0.2) is 4.79 Å². The standard InChI is InChI=1S/C14H16F3N3O4/c1-3-24-11(21)9-10(8-4-6-18-7-5-8)19-12(22)20(2)13(9,23)14(15,16)17/h4-7,9-10,23H,3H2,1-2H3,(H,19,22)/t9-,10+,13+/m0/s1. The molecule has 1 aromatic rings. The van der Waals surface area contributed by atoms with Gasteiger partial charge >= 0.3 is 18.2 Å². The second kappa shape index (κ2) is 6.27. The largest absolute Gasteiger partial charge is 0.466 e. The Kier molecular flexibility index (Phi) is 4.70. The molecule has 132 valence electrons. The number of hydrogen-bond acceptors (Lipinski definition) is 5. The molecular formula is C14H16F3N3O4. The maximum Gasteiger partial charge on any atom is 0.437 e. The van der Waals surface area contributed by atoms with Crippen molar-refractivity contribution in [2.24, 2.45) is 5.92 Å². The molecule has 7 nitrogen and oxygen atoms in total. The van der Waals surface area contributed by atoms with Crippen molar-refractivity contribution in [2.75, 3.05) is 13.7 Å². The van der Waals surface area contributed by atoms with Gasteiger partial charge in [0.1, 0.15) is 5.92 Å². The van der Waals surface area contributed by atoms with Crippen molar-refractivity contribution < 1.29 is 32.6 Å². The summed E-state index contributed by atoms with van der Waals surface area (Å²) in [5, 5.41) is 12.7. The average molecular weight is 347 g/mol. The van der Waals surface area contributed by atoms with E-state index in [4.69, 9.17) is 4.74 Å². The predicted octanol–water partition coefficient (Wildman–Crippen LogP) is 1.21. The molecule has 2 heterocycles. The molecule has 1 fully saturated rings. The van der Waals surface area contributed by atoms with E-state index in [2.05, 4.69) is 10.3 Å². The number of ether oxygens (including phenoxy) is 1. The molecule has 2 rings (SSSR count). The maximum absolute atomic E-state index is 13.6. The number of nitrogens with one attached hydrogen (secondary N) is 1. The molecule has 2 N–H and O–H groups in total. The molecule has 2 amide bonds. The van der Waals surface area contributed by atoms with E-state index in [1.807, 2.05) is 0 Å². The number of carbonyl (C=O) groups excluding carboxylic acids is 2.